The van der Waals surface area contributed by atoms with Crippen molar-refractivity contribution >= 4 is 11.7 Å². The Morgan fingerprint density at radius 3 is 2.42 bits per heavy atom. The number of ether oxygens (including phenoxy) is 2. The second-order valence-corrected chi connectivity index (χ2v) is 9.29. The van der Waals surface area contributed by atoms with Crippen LogP contribution in [0.2, 0.25) is 0 Å². The summed E-state index contributed by atoms with van der Waals surface area (Å²) in [7, 11) is 1.64. The van der Waals surface area contributed by atoms with Crippen molar-refractivity contribution in [3.8, 4) is 22.9 Å². The van der Waals surface area contributed by atoms with Gasteiger partial charge in [0.1, 0.15) is 17.5 Å². The van der Waals surface area contributed by atoms with Crippen LogP contribution in [0.4, 0.5) is 5.95 Å². The van der Waals surface area contributed by atoms with Gasteiger partial charge in [0, 0.05) is 23.3 Å². The average molecular weight is 445 g/mol. The second kappa shape index (κ2) is 8.06. The topological polar surface area (TPSA) is 78.3 Å². The Morgan fingerprint density at radius 1 is 1.06 bits per heavy atom. The first-order valence-corrected chi connectivity index (χ1v) is 11.3. The number of hydrogen-bond acceptors (Lipinski definition) is 6. The number of carbonyl (C=O) groups is 1. The fourth-order valence-corrected chi connectivity index (χ4v) is 4.69. The van der Waals surface area contributed by atoms with Crippen molar-refractivity contribution in [2.75, 3.05) is 19.0 Å². The molecule has 0 radical (unpaired) electrons. The van der Waals surface area contributed by atoms with Crippen LogP contribution in [-0.2, 0) is 4.79 Å². The van der Waals surface area contributed by atoms with Gasteiger partial charge in [0.2, 0.25) is 5.95 Å². The summed E-state index contributed by atoms with van der Waals surface area (Å²) >= 11 is 0. The summed E-state index contributed by atoms with van der Waals surface area (Å²) in [6, 6.07) is 15.2. The maximum atomic E-state index is 13.3. The van der Waals surface area contributed by atoms with E-state index in [2.05, 4.69) is 19.2 Å². The highest BCUT2D eigenvalue weighted by Crippen LogP contribution is 2.45. The van der Waals surface area contributed by atoms with Crippen molar-refractivity contribution in [1.82, 2.24) is 14.8 Å². The van der Waals surface area contributed by atoms with Crippen molar-refractivity contribution in [3.63, 3.8) is 0 Å². The SMILES string of the molecule is CCOc1ccc(-c2nc3n(n2)[C@@H](c2ccc(OC)cc2)C2=C(CC(C)(C)CC2=O)N3)cc1. The molecule has 2 aromatic carbocycles. The molecule has 170 valence electrons. The van der Waals surface area contributed by atoms with Gasteiger partial charge in [-0.05, 0) is 60.7 Å². The van der Waals surface area contributed by atoms with Crippen LogP contribution in [0.1, 0.15) is 45.2 Å². The summed E-state index contributed by atoms with van der Waals surface area (Å²) in [6.07, 6.45) is 1.29. The molecule has 1 atom stereocenters. The lowest BCUT2D eigenvalue weighted by Gasteiger charge is -2.38. The fourth-order valence-electron chi connectivity index (χ4n) is 4.69. The number of allylic oxidation sites excluding steroid dienone is 2. The van der Waals surface area contributed by atoms with Crippen molar-refractivity contribution in [3.05, 3.63) is 65.4 Å². The lowest BCUT2D eigenvalue weighted by atomic mass is 9.73. The Bertz CT molecular complexity index is 1220. The standard InChI is InChI=1S/C26H28N4O3/c1-5-33-19-12-8-17(9-13-19)24-28-25-27-20-14-26(2,3)15-21(31)22(20)23(30(25)29-24)16-6-10-18(32-4)11-7-16/h6-13,23H,5,14-15H2,1-4H3,(H,27,28,29)/t23-/m0/s1. The number of Topliss-reactive ketones (excluding diaryl/α,β-unsaturated/α-hetero) is 1. The van der Waals surface area contributed by atoms with Crippen LogP contribution in [0.5, 0.6) is 11.5 Å². The number of benzene rings is 2. The van der Waals surface area contributed by atoms with Crippen molar-refractivity contribution < 1.29 is 14.3 Å². The Kier molecular flexibility index (Phi) is 5.19. The molecular formula is C26H28N4O3. The van der Waals surface area contributed by atoms with Gasteiger partial charge < -0.3 is 14.8 Å². The van der Waals surface area contributed by atoms with Gasteiger partial charge in [-0.2, -0.15) is 4.98 Å². The van der Waals surface area contributed by atoms with Gasteiger partial charge in [0.15, 0.2) is 11.6 Å². The number of hydrogen-bond donors (Lipinski definition) is 1. The number of fused-ring (bicyclic) bond motifs is 1. The summed E-state index contributed by atoms with van der Waals surface area (Å²) in [4.78, 5) is 18.1. The molecule has 33 heavy (non-hydrogen) atoms. The zero-order valence-corrected chi connectivity index (χ0v) is 19.4. The third-order valence-electron chi connectivity index (χ3n) is 6.19. The van der Waals surface area contributed by atoms with Crippen molar-refractivity contribution in [1.29, 1.82) is 0 Å². The molecule has 0 fully saturated rings. The predicted octanol–water partition coefficient (Wildman–Crippen LogP) is 5.01. The fraction of sp³-hybridized carbons (Fsp3) is 0.346. The van der Waals surface area contributed by atoms with Crippen LogP contribution in [0, 0.1) is 5.41 Å². The number of ketones is 1. The molecular weight excluding hydrogens is 416 g/mol. The largest absolute Gasteiger partial charge is 0.497 e. The minimum absolute atomic E-state index is 0.104. The van der Waals surface area contributed by atoms with E-state index in [4.69, 9.17) is 19.6 Å². The first-order chi connectivity index (χ1) is 15.9. The van der Waals surface area contributed by atoms with E-state index in [1.165, 1.54) is 0 Å². The Morgan fingerprint density at radius 2 is 1.76 bits per heavy atom. The van der Waals surface area contributed by atoms with E-state index in [0.717, 1.165) is 40.3 Å². The Hall–Kier alpha value is -3.61. The normalized spacial score (nSPS) is 18.9. The third kappa shape index (κ3) is 3.88. The number of aromatic nitrogens is 3. The number of anilines is 1. The van der Waals surface area contributed by atoms with Crippen molar-refractivity contribution in [2.45, 2.75) is 39.7 Å². The molecule has 0 saturated carbocycles. The molecule has 2 aliphatic rings. The molecule has 0 bridgehead atoms. The van der Waals surface area contributed by atoms with E-state index < -0.39 is 0 Å². The van der Waals surface area contributed by atoms with Gasteiger partial charge in [-0.3, -0.25) is 4.79 Å². The first kappa shape index (κ1) is 21.2. The van der Waals surface area contributed by atoms with E-state index in [1.807, 2.05) is 60.1 Å². The molecule has 0 unspecified atom stereocenters. The molecule has 7 heteroatoms. The zero-order chi connectivity index (χ0) is 23.2. The maximum Gasteiger partial charge on any atom is 0.226 e. The summed E-state index contributed by atoms with van der Waals surface area (Å²) in [6.45, 7) is 6.83. The quantitative estimate of drug-likeness (QED) is 0.596. The lowest BCUT2D eigenvalue weighted by Crippen LogP contribution is -2.36. The van der Waals surface area contributed by atoms with E-state index >= 15 is 0 Å². The molecule has 1 N–H and O–H groups in total. The molecule has 5 rings (SSSR count). The number of methoxy groups -OCH3 is 1. The monoisotopic (exact) mass is 444 g/mol. The first-order valence-electron chi connectivity index (χ1n) is 11.3. The Labute approximate surface area is 193 Å². The molecule has 3 aromatic rings. The third-order valence-corrected chi connectivity index (χ3v) is 6.19. The van der Waals surface area contributed by atoms with Crippen LogP contribution in [-0.4, -0.2) is 34.3 Å². The van der Waals surface area contributed by atoms with Crippen LogP contribution < -0.4 is 14.8 Å². The number of nitrogens with one attached hydrogen (secondary N) is 1. The van der Waals surface area contributed by atoms with Gasteiger partial charge in [-0.1, -0.05) is 26.0 Å². The molecule has 1 aromatic heterocycles. The van der Waals surface area contributed by atoms with Crippen molar-refractivity contribution in [2.24, 2.45) is 5.41 Å². The highest BCUT2D eigenvalue weighted by atomic mass is 16.5. The van der Waals surface area contributed by atoms with E-state index in [9.17, 15) is 4.79 Å². The van der Waals surface area contributed by atoms with Gasteiger partial charge in [0.05, 0.1) is 13.7 Å². The zero-order valence-electron chi connectivity index (χ0n) is 19.4. The average Bonchev–Trinajstić information content (AvgIpc) is 3.21. The molecule has 0 spiro atoms. The molecule has 2 heterocycles. The number of carbonyl (C=O) groups excluding carboxylic acids is 1. The van der Waals surface area contributed by atoms with Gasteiger partial charge in [-0.25, -0.2) is 4.68 Å². The lowest BCUT2D eigenvalue weighted by molar-refractivity contribution is -0.118. The number of rotatable bonds is 5. The van der Waals surface area contributed by atoms with E-state index in [0.29, 0.717) is 24.8 Å². The molecule has 1 aliphatic heterocycles. The smallest absolute Gasteiger partial charge is 0.226 e. The molecule has 0 saturated heterocycles. The summed E-state index contributed by atoms with van der Waals surface area (Å²) in [5.41, 5.74) is 3.47. The van der Waals surface area contributed by atoms with E-state index in [1.54, 1.807) is 7.11 Å². The predicted molar refractivity (Wildman–Crippen MR) is 126 cm³/mol. The van der Waals surface area contributed by atoms with Gasteiger partial charge >= 0.3 is 0 Å². The highest BCUT2D eigenvalue weighted by Gasteiger charge is 2.41. The Balaban J connectivity index is 1.60. The van der Waals surface area contributed by atoms with Crippen LogP contribution >= 0.6 is 0 Å². The second-order valence-electron chi connectivity index (χ2n) is 9.29. The van der Waals surface area contributed by atoms with Crippen LogP contribution in [0.25, 0.3) is 11.4 Å². The minimum Gasteiger partial charge on any atom is -0.497 e. The van der Waals surface area contributed by atoms with Crippen LogP contribution in [0.3, 0.4) is 0 Å². The number of nitrogens with zero attached hydrogens (tertiary/aromatic N) is 3. The van der Waals surface area contributed by atoms with Gasteiger partial charge in [0.25, 0.3) is 0 Å². The minimum atomic E-state index is -0.338. The summed E-state index contributed by atoms with van der Waals surface area (Å²) < 4.78 is 12.7. The van der Waals surface area contributed by atoms with E-state index in [-0.39, 0.29) is 17.2 Å². The highest BCUT2D eigenvalue weighted by molar-refractivity contribution is 6.00. The summed E-state index contributed by atoms with van der Waals surface area (Å²) in [5, 5.41) is 8.27. The van der Waals surface area contributed by atoms with Crippen LogP contribution in [0.15, 0.2) is 59.8 Å². The molecule has 0 amide bonds. The van der Waals surface area contributed by atoms with Gasteiger partial charge in [-0.15, -0.1) is 5.10 Å². The maximum absolute atomic E-state index is 13.3. The molecule has 1 aliphatic carbocycles. The summed E-state index contributed by atoms with van der Waals surface area (Å²) in [5.74, 6) is 2.98. The molecule has 7 nitrogen and oxygen atoms in total.